The Morgan fingerprint density at radius 3 is 2.59 bits per heavy atom. The molecule has 152 valence electrons. The second-order valence-electron chi connectivity index (χ2n) is 7.16. The van der Waals surface area contributed by atoms with Crippen molar-refractivity contribution in [2.24, 2.45) is 0 Å². The smallest absolute Gasteiger partial charge is 0.270 e. The van der Waals surface area contributed by atoms with E-state index >= 15 is 0 Å². The van der Waals surface area contributed by atoms with E-state index in [1.54, 1.807) is 11.3 Å². The van der Waals surface area contributed by atoms with Crippen LogP contribution >= 0.6 is 23.1 Å². The number of hydrogen-bond acceptors (Lipinski definition) is 5. The topological polar surface area (TPSA) is 65.4 Å². The zero-order valence-electron chi connectivity index (χ0n) is 16.3. The van der Waals surface area contributed by atoms with Gasteiger partial charge in [0, 0.05) is 38.1 Å². The monoisotopic (exact) mass is 426 g/mol. The van der Waals surface area contributed by atoms with E-state index in [2.05, 4.69) is 28.1 Å². The molecule has 2 aromatic heterocycles. The van der Waals surface area contributed by atoms with Crippen LogP contribution in [0.3, 0.4) is 0 Å². The Bertz CT molecular complexity index is 929. The molecule has 5 nitrogen and oxygen atoms in total. The van der Waals surface area contributed by atoms with E-state index in [4.69, 9.17) is 5.73 Å². The molecule has 0 atom stereocenters. The van der Waals surface area contributed by atoms with Gasteiger partial charge in [0.05, 0.1) is 9.21 Å². The summed E-state index contributed by atoms with van der Waals surface area (Å²) in [7, 11) is 0. The third kappa shape index (κ3) is 5.23. The largest absolute Gasteiger partial charge is 0.391 e. The molecule has 1 amide bonds. The number of nitrogens with two attached hydrogens (primary N) is 1. The summed E-state index contributed by atoms with van der Waals surface area (Å²) in [4.78, 5) is 20.4. The van der Waals surface area contributed by atoms with Gasteiger partial charge in [0.2, 0.25) is 0 Å². The molecule has 3 aromatic rings. The van der Waals surface area contributed by atoms with Crippen molar-refractivity contribution < 1.29 is 4.79 Å². The Kier molecular flexibility index (Phi) is 6.59. The van der Waals surface area contributed by atoms with Crippen molar-refractivity contribution in [1.29, 1.82) is 0 Å². The predicted octanol–water partition coefficient (Wildman–Crippen LogP) is 4.27. The number of benzene rings is 1. The fraction of sp³-hybridized carbons (Fsp3) is 0.318. The number of anilines is 1. The molecule has 0 unspecified atom stereocenters. The van der Waals surface area contributed by atoms with E-state index < -0.39 is 0 Å². The highest BCUT2D eigenvalue weighted by molar-refractivity contribution is 8.01. The molecule has 1 fully saturated rings. The lowest BCUT2D eigenvalue weighted by molar-refractivity contribution is 0.0633. The van der Waals surface area contributed by atoms with E-state index in [-0.39, 0.29) is 5.91 Å². The first-order chi connectivity index (χ1) is 14.2. The molecule has 7 heteroatoms. The number of carbonyl (C=O) groups excluding carboxylic acids is 1. The lowest BCUT2D eigenvalue weighted by atomic mass is 10.1. The number of carbonyl (C=O) groups is 1. The summed E-state index contributed by atoms with van der Waals surface area (Å²) in [5, 5.41) is 0.881. The SMILES string of the molecule is Nc1ccc(SCCCN2CCN(C(=O)c3cc(-c4ccccc4)c[nH]3)CC2)s1. The molecule has 0 saturated carbocycles. The van der Waals surface area contributed by atoms with Gasteiger partial charge < -0.3 is 15.6 Å². The average molecular weight is 427 g/mol. The number of thiophene rings is 1. The van der Waals surface area contributed by atoms with E-state index in [1.165, 1.54) is 4.21 Å². The molecule has 1 saturated heterocycles. The zero-order valence-corrected chi connectivity index (χ0v) is 18.0. The number of aromatic amines is 1. The standard InChI is InChI=1S/C22H26N4OS2/c23-20-7-8-21(29-20)28-14-4-9-25-10-12-26(13-11-25)22(27)19-15-18(16-24-19)17-5-2-1-3-6-17/h1-3,5-8,15-16,24H,4,9-14,23H2. The highest BCUT2D eigenvalue weighted by atomic mass is 32.2. The summed E-state index contributed by atoms with van der Waals surface area (Å²) < 4.78 is 1.29. The van der Waals surface area contributed by atoms with E-state index in [9.17, 15) is 4.79 Å². The summed E-state index contributed by atoms with van der Waals surface area (Å²) in [6, 6.07) is 16.2. The van der Waals surface area contributed by atoms with Gasteiger partial charge in [0.15, 0.2) is 0 Å². The van der Waals surface area contributed by atoms with Crippen LogP contribution < -0.4 is 5.73 Å². The minimum absolute atomic E-state index is 0.0951. The number of nitrogens with one attached hydrogen (secondary N) is 1. The first kappa shape index (κ1) is 20.1. The summed E-state index contributed by atoms with van der Waals surface area (Å²) >= 11 is 3.53. The van der Waals surface area contributed by atoms with Crippen molar-refractivity contribution in [3.63, 3.8) is 0 Å². The van der Waals surface area contributed by atoms with Crippen LogP contribution in [0.1, 0.15) is 16.9 Å². The van der Waals surface area contributed by atoms with Gasteiger partial charge in [-0.1, -0.05) is 30.3 Å². The Balaban J connectivity index is 1.21. The maximum Gasteiger partial charge on any atom is 0.270 e. The maximum absolute atomic E-state index is 12.8. The molecule has 1 aliphatic rings. The van der Waals surface area contributed by atoms with Gasteiger partial charge in [0.1, 0.15) is 5.69 Å². The summed E-state index contributed by atoms with van der Waals surface area (Å²) in [6.07, 6.45) is 3.06. The molecule has 3 N–H and O–H groups in total. The summed E-state index contributed by atoms with van der Waals surface area (Å²) in [5.41, 5.74) is 8.62. The normalized spacial score (nSPS) is 15.0. The first-order valence-electron chi connectivity index (χ1n) is 9.92. The predicted molar refractivity (Wildman–Crippen MR) is 123 cm³/mol. The third-order valence-corrected chi connectivity index (χ3v) is 7.37. The Morgan fingerprint density at radius 2 is 1.86 bits per heavy atom. The molecule has 0 radical (unpaired) electrons. The Labute approximate surface area is 179 Å². The number of nitrogens with zero attached hydrogens (tertiary/aromatic N) is 2. The van der Waals surface area contributed by atoms with Crippen LogP contribution in [0.15, 0.2) is 58.9 Å². The van der Waals surface area contributed by atoms with Crippen LogP contribution in [0, 0.1) is 0 Å². The van der Waals surface area contributed by atoms with Gasteiger partial charge in [0.25, 0.3) is 5.91 Å². The van der Waals surface area contributed by atoms with Crippen LogP contribution in [0.5, 0.6) is 0 Å². The highest BCUT2D eigenvalue weighted by Crippen LogP contribution is 2.29. The van der Waals surface area contributed by atoms with Gasteiger partial charge in [-0.3, -0.25) is 9.69 Å². The molecule has 3 heterocycles. The molecule has 1 aliphatic heterocycles. The van der Waals surface area contributed by atoms with Crippen molar-refractivity contribution in [3.8, 4) is 11.1 Å². The van der Waals surface area contributed by atoms with Crippen molar-refractivity contribution in [2.75, 3.05) is 44.2 Å². The van der Waals surface area contributed by atoms with Crippen LogP contribution in [0.4, 0.5) is 5.00 Å². The van der Waals surface area contributed by atoms with Crippen LogP contribution in [-0.4, -0.2) is 59.2 Å². The fourth-order valence-corrected chi connectivity index (χ4v) is 5.45. The molecule has 29 heavy (non-hydrogen) atoms. The first-order valence-corrected chi connectivity index (χ1v) is 11.7. The molecular weight excluding hydrogens is 400 g/mol. The van der Waals surface area contributed by atoms with Gasteiger partial charge in [-0.05, 0) is 42.3 Å². The van der Waals surface area contributed by atoms with Crippen LogP contribution in [0.25, 0.3) is 11.1 Å². The van der Waals surface area contributed by atoms with E-state index in [0.29, 0.717) is 5.69 Å². The van der Waals surface area contributed by atoms with Crippen molar-refractivity contribution in [2.45, 2.75) is 10.6 Å². The molecule has 4 rings (SSSR count). The molecular formula is C22H26N4OS2. The van der Waals surface area contributed by atoms with Gasteiger partial charge in [-0.2, -0.15) is 0 Å². The number of amides is 1. The maximum atomic E-state index is 12.8. The Hall–Kier alpha value is -2.22. The number of nitrogen functional groups attached to an aromatic ring is 1. The molecule has 0 bridgehead atoms. The summed E-state index contributed by atoms with van der Waals surface area (Å²) in [6.45, 7) is 4.53. The second-order valence-corrected chi connectivity index (χ2v) is 9.67. The fourth-order valence-electron chi connectivity index (χ4n) is 3.53. The molecule has 0 aliphatic carbocycles. The number of piperazine rings is 1. The number of rotatable bonds is 7. The van der Waals surface area contributed by atoms with Crippen molar-refractivity contribution in [1.82, 2.24) is 14.8 Å². The average Bonchev–Trinajstić information content (AvgIpc) is 3.41. The van der Waals surface area contributed by atoms with Gasteiger partial charge >= 0.3 is 0 Å². The van der Waals surface area contributed by atoms with E-state index in [0.717, 1.165) is 61.0 Å². The van der Waals surface area contributed by atoms with Crippen LogP contribution in [0.2, 0.25) is 0 Å². The van der Waals surface area contributed by atoms with Gasteiger partial charge in [-0.25, -0.2) is 0 Å². The highest BCUT2D eigenvalue weighted by Gasteiger charge is 2.23. The second kappa shape index (κ2) is 9.52. The molecule has 0 spiro atoms. The molecule has 1 aromatic carbocycles. The van der Waals surface area contributed by atoms with E-state index in [1.807, 2.05) is 53.2 Å². The Morgan fingerprint density at radius 1 is 1.07 bits per heavy atom. The number of H-pyrrole nitrogens is 1. The number of hydrogen-bond donors (Lipinski definition) is 2. The minimum Gasteiger partial charge on any atom is -0.391 e. The quantitative estimate of drug-likeness (QED) is 0.437. The zero-order chi connectivity index (χ0) is 20.1. The van der Waals surface area contributed by atoms with Gasteiger partial charge in [-0.15, -0.1) is 23.1 Å². The lowest BCUT2D eigenvalue weighted by Gasteiger charge is -2.34. The third-order valence-electron chi connectivity index (χ3n) is 5.15. The van der Waals surface area contributed by atoms with Crippen LogP contribution in [-0.2, 0) is 0 Å². The van der Waals surface area contributed by atoms with Crippen molar-refractivity contribution >= 4 is 34.0 Å². The number of thioether (sulfide) groups is 1. The number of aromatic nitrogens is 1. The van der Waals surface area contributed by atoms with Crippen molar-refractivity contribution in [3.05, 3.63) is 60.4 Å². The lowest BCUT2D eigenvalue weighted by Crippen LogP contribution is -2.49. The minimum atomic E-state index is 0.0951. The summed E-state index contributed by atoms with van der Waals surface area (Å²) in [5.74, 6) is 1.20.